The van der Waals surface area contributed by atoms with Crippen molar-refractivity contribution in [3.8, 4) is 0 Å². The maximum Gasteiger partial charge on any atom is 0.0218 e. The average molecular weight is 339 g/mol. The SMILES string of the molecule is c1ccc(CNCCCC23CC(c4ccccc42)c2ccccc23)cc1. The van der Waals surface area contributed by atoms with Crippen LogP contribution in [0, 0.1) is 0 Å². The van der Waals surface area contributed by atoms with Crippen LogP contribution in [0.2, 0.25) is 0 Å². The van der Waals surface area contributed by atoms with E-state index >= 15 is 0 Å². The van der Waals surface area contributed by atoms with Crippen molar-refractivity contribution in [2.45, 2.75) is 37.1 Å². The number of nitrogens with one attached hydrogen (secondary N) is 1. The zero-order chi connectivity index (χ0) is 17.4. The Bertz CT molecular complexity index is 865. The van der Waals surface area contributed by atoms with E-state index in [9.17, 15) is 0 Å². The summed E-state index contributed by atoms with van der Waals surface area (Å²) in [5, 5.41) is 3.63. The molecule has 0 heterocycles. The molecule has 0 aliphatic heterocycles. The average Bonchev–Trinajstić information content (AvgIpc) is 3.21. The molecule has 0 atom stereocenters. The fourth-order valence-electron chi connectivity index (χ4n) is 5.29. The topological polar surface area (TPSA) is 12.0 Å². The Morgan fingerprint density at radius 2 is 1.38 bits per heavy atom. The first-order chi connectivity index (χ1) is 12.9. The van der Waals surface area contributed by atoms with Gasteiger partial charge in [-0.05, 0) is 53.6 Å². The minimum atomic E-state index is 0.242. The molecular weight excluding hydrogens is 314 g/mol. The number of hydrogen-bond acceptors (Lipinski definition) is 1. The predicted molar refractivity (Wildman–Crippen MR) is 108 cm³/mol. The van der Waals surface area contributed by atoms with Gasteiger partial charge in [0.25, 0.3) is 0 Å². The van der Waals surface area contributed by atoms with E-state index < -0.39 is 0 Å². The third kappa shape index (κ3) is 2.42. The Labute approximate surface area is 156 Å². The van der Waals surface area contributed by atoms with Crippen LogP contribution in [0.1, 0.15) is 53.0 Å². The molecule has 1 N–H and O–H groups in total. The van der Waals surface area contributed by atoms with Gasteiger partial charge >= 0.3 is 0 Å². The summed E-state index contributed by atoms with van der Waals surface area (Å²) in [4.78, 5) is 0. The van der Waals surface area contributed by atoms with Crippen molar-refractivity contribution in [1.29, 1.82) is 0 Å². The van der Waals surface area contributed by atoms with Crippen LogP contribution in [0.3, 0.4) is 0 Å². The molecule has 2 aliphatic rings. The van der Waals surface area contributed by atoms with E-state index in [1.54, 1.807) is 22.3 Å². The van der Waals surface area contributed by atoms with Gasteiger partial charge in [0.1, 0.15) is 0 Å². The van der Waals surface area contributed by atoms with E-state index in [1.807, 2.05) is 0 Å². The quantitative estimate of drug-likeness (QED) is 0.594. The molecule has 3 aromatic rings. The van der Waals surface area contributed by atoms with Gasteiger partial charge < -0.3 is 5.32 Å². The smallest absolute Gasteiger partial charge is 0.0218 e. The molecule has 0 amide bonds. The van der Waals surface area contributed by atoms with Crippen LogP contribution in [0.25, 0.3) is 0 Å². The van der Waals surface area contributed by atoms with Gasteiger partial charge in [-0.2, -0.15) is 0 Å². The molecule has 0 radical (unpaired) electrons. The monoisotopic (exact) mass is 339 g/mol. The Kier molecular flexibility index (Phi) is 3.90. The second-order valence-electron chi connectivity index (χ2n) is 7.78. The first-order valence-corrected chi connectivity index (χ1v) is 9.82. The Balaban J connectivity index is 1.32. The minimum Gasteiger partial charge on any atom is -0.313 e. The second kappa shape index (κ2) is 6.41. The fraction of sp³-hybridized carbons (Fsp3) is 0.280. The molecule has 0 unspecified atom stereocenters. The molecule has 130 valence electrons. The van der Waals surface area contributed by atoms with E-state index in [2.05, 4.69) is 84.2 Å². The standard InChI is InChI=1S/C25H25N/c1-2-9-19(10-3-1)18-26-16-8-15-25-17-22(20-11-4-6-13-23(20)25)21-12-5-7-14-24(21)25/h1-7,9-14,22,26H,8,15-18H2. The molecule has 1 heteroatoms. The minimum absolute atomic E-state index is 0.242. The fourth-order valence-corrected chi connectivity index (χ4v) is 5.29. The lowest BCUT2D eigenvalue weighted by Crippen LogP contribution is -2.26. The van der Waals surface area contributed by atoms with Crippen molar-refractivity contribution < 1.29 is 0 Å². The van der Waals surface area contributed by atoms with E-state index in [0.717, 1.165) is 13.1 Å². The first-order valence-electron chi connectivity index (χ1n) is 9.82. The highest BCUT2D eigenvalue weighted by Crippen LogP contribution is 2.61. The van der Waals surface area contributed by atoms with Crippen LogP contribution < -0.4 is 5.32 Å². The summed E-state index contributed by atoms with van der Waals surface area (Å²) in [5.74, 6) is 0.611. The molecule has 2 aliphatic carbocycles. The van der Waals surface area contributed by atoms with Crippen molar-refractivity contribution in [3.05, 3.63) is 107 Å². The van der Waals surface area contributed by atoms with Crippen LogP contribution in [-0.4, -0.2) is 6.54 Å². The molecular formula is C25H25N. The number of benzene rings is 3. The van der Waals surface area contributed by atoms with Gasteiger partial charge in [0.15, 0.2) is 0 Å². The van der Waals surface area contributed by atoms with Crippen LogP contribution in [-0.2, 0) is 12.0 Å². The predicted octanol–water partition coefficient (Wildman–Crippen LogP) is 5.39. The molecule has 2 bridgehead atoms. The highest BCUT2D eigenvalue weighted by Gasteiger charge is 2.51. The summed E-state index contributed by atoms with van der Waals surface area (Å²) < 4.78 is 0. The molecule has 0 saturated carbocycles. The van der Waals surface area contributed by atoms with Crippen LogP contribution in [0.4, 0.5) is 0 Å². The largest absolute Gasteiger partial charge is 0.313 e. The molecule has 0 saturated heterocycles. The molecule has 0 aromatic heterocycles. The highest BCUT2D eigenvalue weighted by molar-refractivity contribution is 5.62. The van der Waals surface area contributed by atoms with Gasteiger partial charge in [0.2, 0.25) is 0 Å². The maximum atomic E-state index is 3.63. The lowest BCUT2D eigenvalue weighted by molar-refractivity contribution is 0.457. The Morgan fingerprint density at radius 1 is 0.769 bits per heavy atom. The van der Waals surface area contributed by atoms with Crippen molar-refractivity contribution >= 4 is 0 Å². The van der Waals surface area contributed by atoms with E-state index in [0.29, 0.717) is 5.92 Å². The highest BCUT2D eigenvalue weighted by atomic mass is 14.8. The lowest BCUT2D eigenvalue weighted by Gasteiger charge is -2.31. The van der Waals surface area contributed by atoms with Gasteiger partial charge in [-0.1, -0.05) is 78.9 Å². The number of hydrogen-bond donors (Lipinski definition) is 1. The number of rotatable bonds is 6. The molecule has 0 fully saturated rings. The summed E-state index contributed by atoms with van der Waals surface area (Å²) in [6, 6.07) is 29.0. The molecule has 3 aromatic carbocycles. The summed E-state index contributed by atoms with van der Waals surface area (Å²) in [6.45, 7) is 2.04. The zero-order valence-corrected chi connectivity index (χ0v) is 15.1. The summed E-state index contributed by atoms with van der Waals surface area (Å²) in [7, 11) is 0. The van der Waals surface area contributed by atoms with Crippen LogP contribution in [0.15, 0.2) is 78.9 Å². The van der Waals surface area contributed by atoms with Crippen molar-refractivity contribution in [3.63, 3.8) is 0 Å². The van der Waals surface area contributed by atoms with Gasteiger partial charge in [-0.25, -0.2) is 0 Å². The molecule has 0 spiro atoms. The molecule has 5 rings (SSSR count). The summed E-state index contributed by atoms with van der Waals surface area (Å²) in [5.41, 5.74) is 7.93. The zero-order valence-electron chi connectivity index (χ0n) is 15.1. The van der Waals surface area contributed by atoms with Gasteiger partial charge in [-0.3, -0.25) is 0 Å². The van der Waals surface area contributed by atoms with E-state index in [-0.39, 0.29) is 5.41 Å². The van der Waals surface area contributed by atoms with Gasteiger partial charge in [-0.15, -0.1) is 0 Å². The normalized spacial score (nSPS) is 22.2. The third-order valence-electron chi connectivity index (χ3n) is 6.39. The lowest BCUT2D eigenvalue weighted by atomic mass is 9.72. The Hall–Kier alpha value is -2.38. The van der Waals surface area contributed by atoms with Crippen molar-refractivity contribution in [2.75, 3.05) is 6.54 Å². The third-order valence-corrected chi connectivity index (χ3v) is 6.39. The van der Waals surface area contributed by atoms with Crippen LogP contribution in [0.5, 0.6) is 0 Å². The van der Waals surface area contributed by atoms with Gasteiger partial charge in [0.05, 0.1) is 0 Å². The maximum absolute atomic E-state index is 3.63. The number of fused-ring (bicyclic) bond motifs is 8. The van der Waals surface area contributed by atoms with Crippen LogP contribution >= 0.6 is 0 Å². The molecule has 1 nitrogen and oxygen atoms in total. The van der Waals surface area contributed by atoms with E-state index in [1.165, 1.54) is 24.8 Å². The van der Waals surface area contributed by atoms with Crippen molar-refractivity contribution in [2.24, 2.45) is 0 Å². The van der Waals surface area contributed by atoms with Gasteiger partial charge in [0, 0.05) is 17.9 Å². The molecule has 26 heavy (non-hydrogen) atoms. The summed E-state index contributed by atoms with van der Waals surface area (Å²) >= 11 is 0. The first kappa shape index (κ1) is 15.8. The summed E-state index contributed by atoms with van der Waals surface area (Å²) in [6.07, 6.45) is 3.71. The van der Waals surface area contributed by atoms with E-state index in [4.69, 9.17) is 0 Å². The van der Waals surface area contributed by atoms with Crippen molar-refractivity contribution in [1.82, 2.24) is 5.32 Å². The second-order valence-corrected chi connectivity index (χ2v) is 7.78. The Morgan fingerprint density at radius 3 is 2.08 bits per heavy atom.